The summed E-state index contributed by atoms with van der Waals surface area (Å²) in [7, 11) is -4.36. The Kier molecular flexibility index (Phi) is 8.30. The maximum Gasteiger partial charge on any atom is 0.356 e. The molecule has 0 amide bonds. The van der Waals surface area contributed by atoms with E-state index >= 15 is 0 Å². The van der Waals surface area contributed by atoms with Crippen molar-refractivity contribution in [3.8, 4) is 16.9 Å². The molecule has 5 rings (SSSR count). The molecule has 4 aromatic carbocycles. The molecule has 0 aromatic heterocycles. The van der Waals surface area contributed by atoms with E-state index in [0.29, 0.717) is 35.1 Å². The highest BCUT2D eigenvalue weighted by Gasteiger charge is 2.49. The van der Waals surface area contributed by atoms with Crippen LogP contribution in [0.2, 0.25) is 0 Å². The Labute approximate surface area is 243 Å². The fraction of sp³-hybridized carbons (Fsp3) is 0.226. The van der Waals surface area contributed by atoms with Crippen LogP contribution >= 0.6 is 20.2 Å². The number of halogens is 1. The summed E-state index contributed by atoms with van der Waals surface area (Å²) in [5.74, 6) is -0.354. The number of anilines is 1. The zero-order valence-corrected chi connectivity index (χ0v) is 24.0. The summed E-state index contributed by atoms with van der Waals surface area (Å²) in [5.41, 5.74) is 3.40. The Morgan fingerprint density at radius 2 is 1.61 bits per heavy atom. The molecule has 4 atom stereocenters. The Morgan fingerprint density at radius 1 is 0.976 bits per heavy atom. The predicted octanol–water partition coefficient (Wildman–Crippen LogP) is 6.07. The van der Waals surface area contributed by atoms with Crippen LogP contribution in [0, 0.1) is 5.82 Å². The number of phenols is 1. The smallest absolute Gasteiger partial charge is 0.356 e. The summed E-state index contributed by atoms with van der Waals surface area (Å²) >= 11 is 4.85. The lowest BCUT2D eigenvalue weighted by molar-refractivity contribution is 0.0178. The summed E-state index contributed by atoms with van der Waals surface area (Å²) in [4.78, 5) is 20.8. The first-order valence-corrected chi connectivity index (χ1v) is 15.2. The molecule has 10 heteroatoms. The number of hydrogen-bond acceptors (Lipinski definition) is 6. The van der Waals surface area contributed by atoms with Crippen LogP contribution in [0.1, 0.15) is 43.0 Å². The molecule has 0 bridgehead atoms. The minimum atomic E-state index is -4.36. The third-order valence-electron chi connectivity index (χ3n) is 7.35. The predicted molar refractivity (Wildman–Crippen MR) is 160 cm³/mol. The largest absolute Gasteiger partial charge is 0.508 e. The Balaban J connectivity index is 1.48. The van der Waals surface area contributed by atoms with Gasteiger partial charge in [0.05, 0.1) is 23.6 Å². The Bertz CT molecular complexity index is 1550. The monoisotopic (exact) mass is 595 g/mol. The fourth-order valence-electron chi connectivity index (χ4n) is 5.37. The van der Waals surface area contributed by atoms with E-state index < -0.39 is 30.9 Å². The number of thiol groups is 1. The summed E-state index contributed by atoms with van der Waals surface area (Å²) < 4.78 is 31.4. The van der Waals surface area contributed by atoms with Gasteiger partial charge in [0.25, 0.3) is 0 Å². The Hall–Kier alpha value is -3.17. The molecule has 1 aliphatic heterocycles. The van der Waals surface area contributed by atoms with Crippen LogP contribution in [-0.2, 0) is 9.30 Å². The molecule has 1 saturated heterocycles. The van der Waals surface area contributed by atoms with Crippen LogP contribution in [-0.4, -0.2) is 31.2 Å². The van der Waals surface area contributed by atoms with E-state index in [9.17, 15) is 29.0 Å². The van der Waals surface area contributed by atoms with E-state index in [1.165, 1.54) is 24.3 Å². The molecule has 4 unspecified atom stereocenters. The SMILES string of the molecule is CC1(S)OC(CCC(O)c2ccc(F)cc2)C(c2ccc(-c3ccc(P(=O)(O)O)cc3)cc2O)N1c1ccccc1. The fourth-order valence-corrected chi connectivity index (χ4v) is 6.29. The van der Waals surface area contributed by atoms with Gasteiger partial charge in [-0.05, 0) is 78.9 Å². The average molecular weight is 596 g/mol. The van der Waals surface area contributed by atoms with Crippen molar-refractivity contribution in [2.75, 3.05) is 4.90 Å². The van der Waals surface area contributed by atoms with Gasteiger partial charge in [0.1, 0.15) is 11.6 Å². The number of aliphatic hydroxyl groups excluding tert-OH is 1. The number of rotatable bonds is 8. The second-order valence-electron chi connectivity index (χ2n) is 10.2. The average Bonchev–Trinajstić information content (AvgIpc) is 3.21. The Morgan fingerprint density at radius 3 is 2.22 bits per heavy atom. The van der Waals surface area contributed by atoms with Crippen LogP contribution in [0.25, 0.3) is 11.1 Å². The number of aromatic hydroxyl groups is 1. The molecule has 1 fully saturated rings. The van der Waals surface area contributed by atoms with Gasteiger partial charge in [0.15, 0.2) is 5.06 Å². The van der Waals surface area contributed by atoms with Gasteiger partial charge < -0.3 is 29.6 Å². The van der Waals surface area contributed by atoms with Crippen molar-refractivity contribution in [2.45, 2.75) is 43.1 Å². The van der Waals surface area contributed by atoms with Crippen LogP contribution in [0.15, 0.2) is 97.1 Å². The zero-order chi connectivity index (χ0) is 29.4. The molecule has 1 aliphatic rings. The normalized spacial score (nSPS) is 21.7. The molecule has 4 aromatic rings. The van der Waals surface area contributed by atoms with Crippen molar-refractivity contribution < 1.29 is 33.7 Å². The second-order valence-corrected chi connectivity index (χ2v) is 12.7. The number of hydrogen-bond donors (Lipinski definition) is 5. The van der Waals surface area contributed by atoms with Crippen molar-refractivity contribution in [1.29, 1.82) is 0 Å². The van der Waals surface area contributed by atoms with E-state index in [0.717, 1.165) is 5.69 Å². The second kappa shape index (κ2) is 11.6. The van der Waals surface area contributed by atoms with E-state index in [1.54, 1.807) is 30.3 Å². The highest BCUT2D eigenvalue weighted by Crippen LogP contribution is 2.50. The molecular weight excluding hydrogens is 564 g/mol. The summed E-state index contributed by atoms with van der Waals surface area (Å²) in [5, 5.41) is 21.0. The van der Waals surface area contributed by atoms with Crippen LogP contribution in [0.3, 0.4) is 0 Å². The van der Waals surface area contributed by atoms with E-state index in [-0.39, 0.29) is 16.9 Å². The lowest BCUT2D eigenvalue weighted by Crippen LogP contribution is -2.38. The summed E-state index contributed by atoms with van der Waals surface area (Å²) in [6, 6.07) is 26.1. The molecule has 1 heterocycles. The van der Waals surface area contributed by atoms with Crippen molar-refractivity contribution in [3.05, 3.63) is 114 Å². The van der Waals surface area contributed by atoms with Crippen LogP contribution in [0.4, 0.5) is 10.1 Å². The lowest BCUT2D eigenvalue weighted by atomic mass is 9.92. The standard InChI is InChI=1S/C31H31FNO6PS/c1-31(41)33(24-5-3-2-4-6-24)30(29(39-31)18-17-27(34)21-7-12-23(32)13-8-21)26-16-11-22(19-28(26)35)20-9-14-25(15-10-20)40(36,37)38/h2-16,19,27,29-30,34-35,41H,17-18H2,1H3,(H2,36,37,38). The molecule has 4 N–H and O–H groups in total. The van der Waals surface area contributed by atoms with Crippen LogP contribution < -0.4 is 10.2 Å². The van der Waals surface area contributed by atoms with Gasteiger partial charge in [0.2, 0.25) is 0 Å². The van der Waals surface area contributed by atoms with E-state index in [2.05, 4.69) is 0 Å². The maximum atomic E-state index is 13.4. The number of aliphatic hydroxyl groups is 1. The lowest BCUT2D eigenvalue weighted by Gasteiger charge is -2.35. The molecule has 0 saturated carbocycles. The highest BCUT2D eigenvalue weighted by molar-refractivity contribution is 7.81. The van der Waals surface area contributed by atoms with Gasteiger partial charge in [-0.3, -0.25) is 4.57 Å². The maximum absolute atomic E-state index is 13.4. The van der Waals surface area contributed by atoms with Gasteiger partial charge in [-0.15, -0.1) is 12.6 Å². The van der Waals surface area contributed by atoms with Crippen LogP contribution in [0.5, 0.6) is 5.75 Å². The number of phenolic OH excluding ortho intramolecular Hbond substituents is 1. The first kappa shape index (κ1) is 29.3. The van der Waals surface area contributed by atoms with E-state index in [4.69, 9.17) is 17.4 Å². The molecule has 0 aliphatic carbocycles. The molecule has 0 radical (unpaired) electrons. The number of ether oxygens (including phenoxy) is 1. The zero-order valence-electron chi connectivity index (χ0n) is 22.2. The molecule has 0 spiro atoms. The summed E-state index contributed by atoms with van der Waals surface area (Å²) in [6.07, 6.45) is -0.534. The molecule has 41 heavy (non-hydrogen) atoms. The van der Waals surface area contributed by atoms with Gasteiger partial charge in [0, 0.05) is 11.3 Å². The number of para-hydroxylation sites is 1. The third kappa shape index (κ3) is 6.36. The topological polar surface area (TPSA) is 110 Å². The molecule has 7 nitrogen and oxygen atoms in total. The minimum absolute atomic E-state index is 0.0196. The van der Waals surface area contributed by atoms with Gasteiger partial charge in [-0.2, -0.15) is 0 Å². The van der Waals surface area contributed by atoms with Crippen molar-refractivity contribution in [1.82, 2.24) is 0 Å². The quantitative estimate of drug-likeness (QED) is 0.124. The van der Waals surface area contributed by atoms with Gasteiger partial charge in [-0.25, -0.2) is 4.39 Å². The number of benzene rings is 4. The van der Waals surface area contributed by atoms with Gasteiger partial charge >= 0.3 is 7.60 Å². The molecule has 214 valence electrons. The molecular formula is C31H31FNO6PS. The van der Waals surface area contributed by atoms with Crippen molar-refractivity contribution >= 4 is 31.2 Å². The van der Waals surface area contributed by atoms with E-state index in [1.807, 2.05) is 54.3 Å². The van der Waals surface area contributed by atoms with Crippen molar-refractivity contribution in [2.24, 2.45) is 0 Å². The van der Waals surface area contributed by atoms with Gasteiger partial charge in [-0.1, -0.05) is 54.6 Å². The summed E-state index contributed by atoms with van der Waals surface area (Å²) in [6.45, 7) is 1.83. The highest BCUT2D eigenvalue weighted by atomic mass is 32.1. The third-order valence-corrected chi connectivity index (χ3v) is 8.64. The van der Waals surface area contributed by atoms with Crippen molar-refractivity contribution in [3.63, 3.8) is 0 Å². The number of nitrogens with zero attached hydrogens (tertiary/aromatic N) is 1. The minimum Gasteiger partial charge on any atom is -0.508 e. The first-order chi connectivity index (χ1) is 19.4. The first-order valence-electron chi connectivity index (χ1n) is 13.1.